The first-order valence-electron chi connectivity index (χ1n) is 13.7. The number of aromatic nitrogens is 3. The molecule has 4 heteroatoms. The first-order valence-corrected chi connectivity index (χ1v) is 13.7. The van der Waals surface area contributed by atoms with Gasteiger partial charge in [0.2, 0.25) is 0 Å². The van der Waals surface area contributed by atoms with Gasteiger partial charge in [-0.05, 0) is 65.2 Å². The van der Waals surface area contributed by atoms with Crippen molar-refractivity contribution in [3.63, 3.8) is 0 Å². The molecule has 0 atom stereocenters. The van der Waals surface area contributed by atoms with Gasteiger partial charge in [0.1, 0.15) is 5.58 Å². The lowest BCUT2D eigenvalue weighted by Gasteiger charge is -2.05. The zero-order valence-electron chi connectivity index (χ0n) is 22.1. The Balaban J connectivity index is 1.58. The second kappa shape index (κ2) is 9.54. The van der Waals surface area contributed by atoms with Gasteiger partial charge in [0.05, 0.1) is 22.4 Å². The molecule has 0 amide bonds. The SMILES string of the molecule is C1=Cc2nc1c(-c1ccccc1)c1ccc([nH]1)c(-c1ccccc1)c1ccc(o1)c1ccc([nH]1)c2-c1ccccc1. The van der Waals surface area contributed by atoms with Gasteiger partial charge in [-0.15, -0.1) is 0 Å². The number of furan rings is 1. The molecule has 4 aromatic heterocycles. The lowest BCUT2D eigenvalue weighted by atomic mass is 10.0. The number of benzene rings is 3. The lowest BCUT2D eigenvalue weighted by molar-refractivity contribution is 0.670. The number of aromatic amines is 2. The van der Waals surface area contributed by atoms with Gasteiger partial charge in [0.25, 0.3) is 0 Å². The van der Waals surface area contributed by atoms with Crippen LogP contribution in [0.2, 0.25) is 0 Å². The summed E-state index contributed by atoms with van der Waals surface area (Å²) in [7, 11) is 0. The van der Waals surface area contributed by atoms with E-state index >= 15 is 0 Å². The molecular formula is C37H25N3O. The van der Waals surface area contributed by atoms with Crippen LogP contribution in [0, 0.1) is 0 Å². The summed E-state index contributed by atoms with van der Waals surface area (Å²) < 4.78 is 6.55. The van der Waals surface area contributed by atoms with Gasteiger partial charge >= 0.3 is 0 Å². The fraction of sp³-hybridized carbons (Fsp3) is 0. The van der Waals surface area contributed by atoms with E-state index in [9.17, 15) is 0 Å². The number of fused-ring (bicyclic) bond motifs is 9. The molecule has 0 aliphatic carbocycles. The zero-order valence-corrected chi connectivity index (χ0v) is 22.1. The average Bonchev–Trinajstić information content (AvgIpc) is 3.84. The monoisotopic (exact) mass is 527 g/mol. The highest BCUT2D eigenvalue weighted by Gasteiger charge is 2.16. The Bertz CT molecular complexity index is 2180. The number of H-pyrrole nitrogens is 2. The molecule has 4 nitrogen and oxygen atoms in total. The molecule has 8 bridgehead atoms. The molecule has 0 unspecified atom stereocenters. The van der Waals surface area contributed by atoms with E-state index in [0.717, 1.165) is 78.0 Å². The number of nitrogens with zero attached hydrogens (tertiary/aromatic N) is 1. The fourth-order valence-electron chi connectivity index (χ4n) is 5.76. The molecule has 0 saturated carbocycles. The van der Waals surface area contributed by atoms with E-state index in [1.807, 2.05) is 24.3 Å². The molecule has 2 N–H and O–H groups in total. The van der Waals surface area contributed by atoms with Crippen LogP contribution in [-0.4, -0.2) is 15.0 Å². The largest absolute Gasteiger partial charge is 0.454 e. The van der Waals surface area contributed by atoms with Gasteiger partial charge in [-0.25, -0.2) is 4.98 Å². The number of rotatable bonds is 3. The first-order chi connectivity index (χ1) is 20.3. The molecule has 194 valence electrons. The van der Waals surface area contributed by atoms with Crippen molar-refractivity contribution in [1.29, 1.82) is 0 Å². The van der Waals surface area contributed by atoms with E-state index in [1.165, 1.54) is 0 Å². The third-order valence-corrected chi connectivity index (χ3v) is 7.64. The van der Waals surface area contributed by atoms with E-state index in [4.69, 9.17) is 9.40 Å². The Morgan fingerprint density at radius 2 is 0.805 bits per heavy atom. The van der Waals surface area contributed by atoms with Crippen molar-refractivity contribution in [2.45, 2.75) is 0 Å². The highest BCUT2D eigenvalue weighted by molar-refractivity contribution is 5.98. The Hall–Kier alpha value is -5.61. The van der Waals surface area contributed by atoms with E-state index in [-0.39, 0.29) is 0 Å². The fourth-order valence-corrected chi connectivity index (χ4v) is 5.76. The standard InChI is InChI=1S/C37H25N3O/c1-4-10-24(11-5-1)35-28-17-16-27(38-28)33-22-23-34(41-33)37(26-14-8-3-9-15-26)32-21-20-31(40-32)36(25-12-6-2-7-13-25)30-19-18-29(35)39-30/h1-23,38,40H. The Morgan fingerprint density at radius 1 is 0.390 bits per heavy atom. The topological polar surface area (TPSA) is 57.6 Å². The van der Waals surface area contributed by atoms with Crippen LogP contribution in [0.25, 0.3) is 78.8 Å². The van der Waals surface area contributed by atoms with Crippen molar-refractivity contribution in [3.8, 4) is 33.4 Å². The molecule has 41 heavy (non-hydrogen) atoms. The molecule has 3 aromatic carbocycles. The second-order valence-corrected chi connectivity index (χ2v) is 10.2. The van der Waals surface area contributed by atoms with E-state index < -0.39 is 0 Å². The van der Waals surface area contributed by atoms with Gasteiger partial charge in [-0.3, -0.25) is 0 Å². The average molecular weight is 528 g/mol. The maximum absolute atomic E-state index is 6.55. The van der Waals surface area contributed by atoms with Crippen LogP contribution in [0.3, 0.4) is 0 Å². The zero-order chi connectivity index (χ0) is 27.2. The van der Waals surface area contributed by atoms with Crippen molar-refractivity contribution < 1.29 is 4.42 Å². The van der Waals surface area contributed by atoms with Crippen molar-refractivity contribution in [1.82, 2.24) is 15.0 Å². The molecule has 1 aliphatic heterocycles. The van der Waals surface area contributed by atoms with Crippen molar-refractivity contribution >= 4 is 45.4 Å². The lowest BCUT2D eigenvalue weighted by Crippen LogP contribution is -1.87. The Morgan fingerprint density at radius 3 is 1.34 bits per heavy atom. The normalized spacial score (nSPS) is 11.8. The quantitative estimate of drug-likeness (QED) is 0.240. The molecule has 0 saturated heterocycles. The number of hydrogen-bond donors (Lipinski definition) is 2. The molecule has 7 aromatic rings. The minimum Gasteiger partial charge on any atom is -0.454 e. The minimum absolute atomic E-state index is 0.779. The smallest absolute Gasteiger partial charge is 0.151 e. The van der Waals surface area contributed by atoms with Gasteiger partial charge in [0.15, 0.2) is 5.58 Å². The molecule has 0 radical (unpaired) electrons. The Labute approximate surface area is 236 Å². The maximum Gasteiger partial charge on any atom is 0.151 e. The molecular weight excluding hydrogens is 502 g/mol. The van der Waals surface area contributed by atoms with E-state index in [2.05, 4.69) is 125 Å². The van der Waals surface area contributed by atoms with Crippen LogP contribution in [0.1, 0.15) is 11.4 Å². The predicted octanol–water partition coefficient (Wildman–Crippen LogP) is 9.96. The summed E-state index contributed by atoms with van der Waals surface area (Å²) in [5, 5.41) is 0. The first kappa shape index (κ1) is 23.3. The minimum atomic E-state index is 0.779. The summed E-state index contributed by atoms with van der Waals surface area (Å²) in [6.45, 7) is 0. The van der Waals surface area contributed by atoms with Gasteiger partial charge in [-0.1, -0.05) is 91.0 Å². The van der Waals surface area contributed by atoms with Crippen LogP contribution in [0.5, 0.6) is 0 Å². The van der Waals surface area contributed by atoms with Crippen molar-refractivity contribution in [3.05, 3.63) is 139 Å². The van der Waals surface area contributed by atoms with E-state index in [0.29, 0.717) is 0 Å². The third kappa shape index (κ3) is 4.05. The summed E-state index contributed by atoms with van der Waals surface area (Å²) in [5.74, 6) is 0. The van der Waals surface area contributed by atoms with Crippen LogP contribution >= 0.6 is 0 Å². The molecule has 0 fully saturated rings. The van der Waals surface area contributed by atoms with Gasteiger partial charge < -0.3 is 14.4 Å². The summed E-state index contributed by atoms with van der Waals surface area (Å²) in [5.41, 5.74) is 13.6. The third-order valence-electron chi connectivity index (χ3n) is 7.64. The van der Waals surface area contributed by atoms with Crippen molar-refractivity contribution in [2.75, 3.05) is 0 Å². The van der Waals surface area contributed by atoms with Crippen LogP contribution in [0.15, 0.2) is 132 Å². The van der Waals surface area contributed by atoms with Crippen LogP contribution in [-0.2, 0) is 0 Å². The molecule has 0 spiro atoms. The summed E-state index contributed by atoms with van der Waals surface area (Å²) in [4.78, 5) is 12.6. The highest BCUT2D eigenvalue weighted by Crippen LogP contribution is 2.36. The number of hydrogen-bond acceptors (Lipinski definition) is 2. The Kier molecular flexibility index (Phi) is 5.42. The van der Waals surface area contributed by atoms with E-state index in [1.54, 1.807) is 0 Å². The van der Waals surface area contributed by atoms with Crippen LogP contribution < -0.4 is 0 Å². The second-order valence-electron chi connectivity index (χ2n) is 10.2. The molecule has 5 heterocycles. The number of nitrogens with one attached hydrogen (secondary N) is 2. The van der Waals surface area contributed by atoms with Gasteiger partial charge in [0, 0.05) is 27.7 Å². The summed E-state index contributed by atoms with van der Waals surface area (Å²) in [6.07, 6.45) is 4.24. The van der Waals surface area contributed by atoms with Crippen LogP contribution in [0.4, 0.5) is 0 Å². The summed E-state index contributed by atoms with van der Waals surface area (Å²) >= 11 is 0. The highest BCUT2D eigenvalue weighted by atomic mass is 16.3. The molecule has 8 rings (SSSR count). The van der Waals surface area contributed by atoms with Crippen molar-refractivity contribution in [2.24, 2.45) is 0 Å². The summed E-state index contributed by atoms with van der Waals surface area (Å²) in [6, 6.07) is 43.8. The predicted molar refractivity (Wildman–Crippen MR) is 169 cm³/mol. The van der Waals surface area contributed by atoms with Gasteiger partial charge in [-0.2, -0.15) is 0 Å². The molecule has 1 aliphatic rings. The maximum atomic E-state index is 6.55.